The standard InChI is InChI=1S/C18H18N4S2/c1-2-13-7-6-10-15(11-13)19-17(23)21-22-18-20-16(12-24-18)14-8-4-3-5-9-14/h3-12H,2H2,1H3,(H,20,22)(H2,19,21,23). The minimum Gasteiger partial charge on any atom is -0.331 e. The number of hydrogen-bond donors (Lipinski definition) is 3. The van der Waals surface area contributed by atoms with E-state index in [0.717, 1.165) is 28.5 Å². The Bertz CT molecular complexity index is 815. The van der Waals surface area contributed by atoms with Crippen LogP contribution < -0.4 is 16.2 Å². The second-order valence-corrected chi connectivity index (χ2v) is 6.43. The van der Waals surface area contributed by atoms with Crippen LogP contribution >= 0.6 is 23.6 Å². The summed E-state index contributed by atoms with van der Waals surface area (Å²) in [6.07, 6.45) is 0.995. The molecule has 122 valence electrons. The first-order valence-corrected chi connectivity index (χ1v) is 8.96. The molecular formula is C18H18N4S2. The number of nitrogens with zero attached hydrogens (tertiary/aromatic N) is 1. The summed E-state index contributed by atoms with van der Waals surface area (Å²) < 4.78 is 0. The van der Waals surface area contributed by atoms with Crippen molar-refractivity contribution < 1.29 is 0 Å². The van der Waals surface area contributed by atoms with Crippen molar-refractivity contribution in [3.8, 4) is 11.3 Å². The molecule has 6 heteroatoms. The zero-order valence-electron chi connectivity index (χ0n) is 13.2. The molecule has 24 heavy (non-hydrogen) atoms. The molecule has 0 aliphatic heterocycles. The second kappa shape index (κ2) is 7.90. The Morgan fingerprint density at radius 2 is 1.96 bits per heavy atom. The van der Waals surface area contributed by atoms with Crippen molar-refractivity contribution in [2.24, 2.45) is 0 Å². The van der Waals surface area contributed by atoms with E-state index < -0.39 is 0 Å². The smallest absolute Gasteiger partial charge is 0.202 e. The molecule has 4 nitrogen and oxygen atoms in total. The van der Waals surface area contributed by atoms with Gasteiger partial charge in [-0.3, -0.25) is 10.9 Å². The molecule has 0 bridgehead atoms. The van der Waals surface area contributed by atoms with Gasteiger partial charge in [-0.15, -0.1) is 11.3 Å². The number of thiocarbonyl (C=S) groups is 1. The fourth-order valence-electron chi connectivity index (χ4n) is 2.21. The van der Waals surface area contributed by atoms with Crippen LogP contribution in [-0.4, -0.2) is 10.1 Å². The maximum atomic E-state index is 5.31. The Morgan fingerprint density at radius 3 is 2.75 bits per heavy atom. The topological polar surface area (TPSA) is 49.0 Å². The number of thiazole rings is 1. The Balaban J connectivity index is 1.56. The SMILES string of the molecule is CCc1cccc(NC(=S)NNc2nc(-c3ccccc3)cs2)c1. The molecule has 0 unspecified atom stereocenters. The maximum Gasteiger partial charge on any atom is 0.202 e. The van der Waals surface area contributed by atoms with Crippen LogP contribution in [0.5, 0.6) is 0 Å². The van der Waals surface area contributed by atoms with Crippen LogP contribution in [0.1, 0.15) is 12.5 Å². The van der Waals surface area contributed by atoms with E-state index in [9.17, 15) is 0 Å². The molecule has 0 saturated carbocycles. The normalized spacial score (nSPS) is 10.2. The zero-order chi connectivity index (χ0) is 16.8. The van der Waals surface area contributed by atoms with Gasteiger partial charge in [0.1, 0.15) is 0 Å². The number of rotatable bonds is 5. The van der Waals surface area contributed by atoms with Crippen LogP contribution in [-0.2, 0) is 6.42 Å². The highest BCUT2D eigenvalue weighted by Gasteiger charge is 2.04. The van der Waals surface area contributed by atoms with Gasteiger partial charge in [0.15, 0.2) is 5.11 Å². The maximum absolute atomic E-state index is 5.31. The molecule has 0 aliphatic rings. The Kier molecular flexibility index (Phi) is 5.40. The average molecular weight is 355 g/mol. The second-order valence-electron chi connectivity index (χ2n) is 5.16. The van der Waals surface area contributed by atoms with Crippen molar-refractivity contribution in [3.63, 3.8) is 0 Å². The number of hydrogen-bond acceptors (Lipinski definition) is 4. The molecule has 0 aliphatic carbocycles. The number of anilines is 2. The Hall–Kier alpha value is -2.44. The molecule has 0 fully saturated rings. The first kappa shape index (κ1) is 16.4. The zero-order valence-corrected chi connectivity index (χ0v) is 14.9. The summed E-state index contributed by atoms with van der Waals surface area (Å²) >= 11 is 6.83. The van der Waals surface area contributed by atoms with Crippen molar-refractivity contribution >= 4 is 39.5 Å². The number of benzene rings is 2. The third-order valence-electron chi connectivity index (χ3n) is 3.45. The van der Waals surface area contributed by atoms with Gasteiger partial charge in [-0.1, -0.05) is 49.4 Å². The van der Waals surface area contributed by atoms with Crippen molar-refractivity contribution in [2.75, 3.05) is 10.7 Å². The molecule has 0 radical (unpaired) electrons. The molecule has 0 amide bonds. The summed E-state index contributed by atoms with van der Waals surface area (Å²) in [7, 11) is 0. The molecule has 1 heterocycles. The van der Waals surface area contributed by atoms with E-state index in [2.05, 4.69) is 40.2 Å². The first-order valence-electron chi connectivity index (χ1n) is 7.67. The molecule has 3 N–H and O–H groups in total. The fraction of sp³-hybridized carbons (Fsp3) is 0.111. The highest BCUT2D eigenvalue weighted by atomic mass is 32.1. The molecular weight excluding hydrogens is 336 g/mol. The largest absolute Gasteiger partial charge is 0.331 e. The van der Waals surface area contributed by atoms with Crippen LogP contribution in [0.2, 0.25) is 0 Å². The molecule has 0 atom stereocenters. The number of nitrogens with one attached hydrogen (secondary N) is 3. The highest BCUT2D eigenvalue weighted by molar-refractivity contribution is 7.80. The monoisotopic (exact) mass is 354 g/mol. The average Bonchev–Trinajstić information content (AvgIpc) is 3.10. The lowest BCUT2D eigenvalue weighted by molar-refractivity contribution is 1.12. The first-order chi connectivity index (χ1) is 11.7. The van der Waals surface area contributed by atoms with E-state index in [0.29, 0.717) is 5.11 Å². The van der Waals surface area contributed by atoms with Crippen LogP contribution in [0.3, 0.4) is 0 Å². The predicted molar refractivity (Wildman–Crippen MR) is 106 cm³/mol. The van der Waals surface area contributed by atoms with Crippen LogP contribution in [0.25, 0.3) is 11.3 Å². The third-order valence-corrected chi connectivity index (χ3v) is 4.41. The van der Waals surface area contributed by atoms with E-state index >= 15 is 0 Å². The van der Waals surface area contributed by atoms with Crippen molar-refractivity contribution in [2.45, 2.75) is 13.3 Å². The van der Waals surface area contributed by atoms with Gasteiger partial charge in [0, 0.05) is 16.6 Å². The summed E-state index contributed by atoms with van der Waals surface area (Å²) in [5.41, 5.74) is 10.3. The number of hydrazine groups is 1. The Morgan fingerprint density at radius 1 is 1.12 bits per heavy atom. The van der Waals surface area contributed by atoms with E-state index in [-0.39, 0.29) is 0 Å². The van der Waals surface area contributed by atoms with Crippen LogP contribution in [0.15, 0.2) is 60.0 Å². The molecule has 0 spiro atoms. The van der Waals surface area contributed by atoms with Gasteiger partial charge < -0.3 is 5.32 Å². The number of aromatic nitrogens is 1. The van der Waals surface area contributed by atoms with Gasteiger partial charge in [-0.2, -0.15) is 0 Å². The minimum atomic E-state index is 0.500. The van der Waals surface area contributed by atoms with Crippen LogP contribution in [0.4, 0.5) is 10.8 Å². The van der Waals surface area contributed by atoms with E-state index in [4.69, 9.17) is 12.2 Å². The summed E-state index contributed by atoms with van der Waals surface area (Å²) in [5.74, 6) is 0. The van der Waals surface area contributed by atoms with Crippen molar-refractivity contribution in [1.82, 2.24) is 10.4 Å². The molecule has 3 aromatic rings. The van der Waals surface area contributed by atoms with Gasteiger partial charge >= 0.3 is 0 Å². The summed E-state index contributed by atoms with van der Waals surface area (Å²) in [6, 6.07) is 18.3. The Labute approximate surface area is 150 Å². The lowest BCUT2D eigenvalue weighted by Gasteiger charge is -2.11. The van der Waals surface area contributed by atoms with E-state index in [1.165, 1.54) is 16.9 Å². The number of aryl methyl sites for hydroxylation is 1. The van der Waals surface area contributed by atoms with Gasteiger partial charge in [0.05, 0.1) is 5.69 Å². The fourth-order valence-corrected chi connectivity index (χ4v) is 3.06. The molecule has 3 rings (SSSR count). The lowest BCUT2D eigenvalue weighted by Crippen LogP contribution is -2.33. The third kappa shape index (κ3) is 4.31. The van der Waals surface area contributed by atoms with Crippen LogP contribution in [0, 0.1) is 0 Å². The van der Waals surface area contributed by atoms with Gasteiger partial charge in [0.25, 0.3) is 0 Å². The molecule has 1 aromatic heterocycles. The highest BCUT2D eigenvalue weighted by Crippen LogP contribution is 2.24. The summed E-state index contributed by atoms with van der Waals surface area (Å²) in [5, 5.41) is 6.44. The van der Waals surface area contributed by atoms with E-state index in [1.54, 1.807) is 0 Å². The molecule has 2 aromatic carbocycles. The van der Waals surface area contributed by atoms with Gasteiger partial charge in [-0.05, 0) is 36.3 Å². The summed E-state index contributed by atoms with van der Waals surface area (Å²) in [6.45, 7) is 2.13. The molecule has 0 saturated heterocycles. The van der Waals surface area contributed by atoms with Crippen molar-refractivity contribution in [3.05, 3.63) is 65.5 Å². The summed E-state index contributed by atoms with van der Waals surface area (Å²) in [4.78, 5) is 4.54. The van der Waals surface area contributed by atoms with E-state index in [1.807, 2.05) is 47.8 Å². The predicted octanol–water partition coefficient (Wildman–Crippen LogP) is 4.69. The van der Waals surface area contributed by atoms with Gasteiger partial charge in [0.2, 0.25) is 5.13 Å². The van der Waals surface area contributed by atoms with Gasteiger partial charge in [-0.25, -0.2) is 4.98 Å². The van der Waals surface area contributed by atoms with Crippen molar-refractivity contribution in [1.29, 1.82) is 0 Å². The quantitative estimate of drug-likeness (QED) is 0.458. The lowest BCUT2D eigenvalue weighted by atomic mass is 10.1. The minimum absolute atomic E-state index is 0.500.